The number of hydrogen-bond donors (Lipinski definition) is 1. The molecule has 6 nitrogen and oxygen atoms in total. The summed E-state index contributed by atoms with van der Waals surface area (Å²) >= 11 is 0. The summed E-state index contributed by atoms with van der Waals surface area (Å²) in [5, 5.41) is 4.22. The molecule has 0 saturated carbocycles. The van der Waals surface area contributed by atoms with Gasteiger partial charge in [0.25, 0.3) is 0 Å². The van der Waals surface area contributed by atoms with Crippen molar-refractivity contribution in [2.24, 2.45) is 5.73 Å². The van der Waals surface area contributed by atoms with Crippen molar-refractivity contribution in [3.05, 3.63) is 35.9 Å². The van der Waals surface area contributed by atoms with Crippen molar-refractivity contribution in [2.45, 2.75) is 32.4 Å². The molecule has 0 bridgehead atoms. The molecule has 1 aromatic heterocycles. The van der Waals surface area contributed by atoms with E-state index >= 15 is 0 Å². The zero-order valence-corrected chi connectivity index (χ0v) is 12.7. The molecule has 0 saturated heterocycles. The SMILES string of the molecule is CCCn1ncnc1CC(N)c1ccc(OC)c(OC)c1. The second kappa shape index (κ2) is 7.08. The van der Waals surface area contributed by atoms with Crippen LogP contribution in [0.15, 0.2) is 24.5 Å². The molecule has 0 radical (unpaired) electrons. The van der Waals surface area contributed by atoms with Gasteiger partial charge in [-0.05, 0) is 24.1 Å². The van der Waals surface area contributed by atoms with Gasteiger partial charge in [-0.2, -0.15) is 5.10 Å². The van der Waals surface area contributed by atoms with Crippen LogP contribution in [0.25, 0.3) is 0 Å². The Labute approximate surface area is 124 Å². The summed E-state index contributed by atoms with van der Waals surface area (Å²) in [5.41, 5.74) is 7.27. The fourth-order valence-corrected chi connectivity index (χ4v) is 2.24. The molecule has 1 atom stereocenters. The van der Waals surface area contributed by atoms with E-state index in [4.69, 9.17) is 15.2 Å². The predicted molar refractivity (Wildman–Crippen MR) is 80.5 cm³/mol. The molecule has 114 valence electrons. The number of ether oxygens (including phenoxy) is 2. The van der Waals surface area contributed by atoms with Crippen molar-refractivity contribution in [2.75, 3.05) is 14.2 Å². The van der Waals surface area contributed by atoms with E-state index in [1.165, 1.54) is 0 Å². The normalized spacial score (nSPS) is 12.2. The zero-order valence-electron chi connectivity index (χ0n) is 12.7. The molecule has 0 aliphatic heterocycles. The van der Waals surface area contributed by atoms with Crippen molar-refractivity contribution in [3.8, 4) is 11.5 Å². The van der Waals surface area contributed by atoms with Crippen molar-refractivity contribution in [1.29, 1.82) is 0 Å². The van der Waals surface area contributed by atoms with Crippen molar-refractivity contribution in [3.63, 3.8) is 0 Å². The number of methoxy groups -OCH3 is 2. The summed E-state index contributed by atoms with van der Waals surface area (Å²) in [5.74, 6) is 2.28. The Hall–Kier alpha value is -2.08. The summed E-state index contributed by atoms with van der Waals surface area (Å²) in [7, 11) is 3.23. The molecule has 2 aromatic rings. The molecule has 1 unspecified atom stereocenters. The maximum Gasteiger partial charge on any atom is 0.161 e. The third-order valence-corrected chi connectivity index (χ3v) is 3.37. The van der Waals surface area contributed by atoms with Crippen LogP contribution in [-0.2, 0) is 13.0 Å². The van der Waals surface area contributed by atoms with Gasteiger partial charge in [-0.15, -0.1) is 0 Å². The van der Waals surface area contributed by atoms with Crippen LogP contribution in [0.4, 0.5) is 0 Å². The van der Waals surface area contributed by atoms with E-state index in [9.17, 15) is 0 Å². The average Bonchev–Trinajstić information content (AvgIpc) is 2.94. The van der Waals surface area contributed by atoms with Gasteiger partial charge >= 0.3 is 0 Å². The van der Waals surface area contributed by atoms with E-state index in [1.807, 2.05) is 22.9 Å². The maximum absolute atomic E-state index is 6.29. The highest BCUT2D eigenvalue weighted by Gasteiger charge is 2.14. The van der Waals surface area contributed by atoms with Crippen LogP contribution in [0.2, 0.25) is 0 Å². The van der Waals surface area contributed by atoms with E-state index in [0.717, 1.165) is 24.4 Å². The molecule has 0 aliphatic carbocycles. The van der Waals surface area contributed by atoms with Gasteiger partial charge in [0.05, 0.1) is 14.2 Å². The first-order valence-electron chi connectivity index (χ1n) is 7.03. The summed E-state index contributed by atoms with van der Waals surface area (Å²) in [6.45, 7) is 2.97. The number of aryl methyl sites for hydroxylation is 1. The van der Waals surface area contributed by atoms with Crippen LogP contribution in [0, 0.1) is 0 Å². The first-order chi connectivity index (χ1) is 10.2. The summed E-state index contributed by atoms with van der Waals surface area (Å²) in [6, 6.07) is 5.56. The lowest BCUT2D eigenvalue weighted by Gasteiger charge is -2.15. The van der Waals surface area contributed by atoms with Crippen LogP contribution in [0.5, 0.6) is 11.5 Å². The molecule has 21 heavy (non-hydrogen) atoms. The van der Waals surface area contributed by atoms with E-state index < -0.39 is 0 Å². The molecule has 0 amide bonds. The minimum Gasteiger partial charge on any atom is -0.493 e. The Morgan fingerprint density at radius 2 is 2.00 bits per heavy atom. The largest absolute Gasteiger partial charge is 0.493 e. The fourth-order valence-electron chi connectivity index (χ4n) is 2.24. The number of aromatic nitrogens is 3. The Morgan fingerprint density at radius 1 is 1.24 bits per heavy atom. The van der Waals surface area contributed by atoms with Gasteiger partial charge < -0.3 is 15.2 Å². The quantitative estimate of drug-likeness (QED) is 0.843. The minimum atomic E-state index is -0.162. The Bertz CT molecular complexity index is 583. The lowest BCUT2D eigenvalue weighted by Crippen LogP contribution is -2.17. The molecular weight excluding hydrogens is 268 g/mol. The van der Waals surface area contributed by atoms with Gasteiger partial charge in [-0.3, -0.25) is 4.68 Å². The topological polar surface area (TPSA) is 75.2 Å². The number of nitrogens with two attached hydrogens (primary N) is 1. The lowest BCUT2D eigenvalue weighted by atomic mass is 10.0. The second-order valence-corrected chi connectivity index (χ2v) is 4.82. The third-order valence-electron chi connectivity index (χ3n) is 3.37. The van der Waals surface area contributed by atoms with Crippen LogP contribution >= 0.6 is 0 Å². The standard InChI is InChI=1S/C15H22N4O2/c1-4-7-19-15(17-10-18-19)9-12(16)11-5-6-13(20-2)14(8-11)21-3/h5-6,8,10,12H,4,7,9,16H2,1-3H3. The van der Waals surface area contributed by atoms with Gasteiger partial charge in [0.2, 0.25) is 0 Å². The van der Waals surface area contributed by atoms with Crippen LogP contribution in [0.3, 0.4) is 0 Å². The van der Waals surface area contributed by atoms with Crippen LogP contribution in [-0.4, -0.2) is 29.0 Å². The fraction of sp³-hybridized carbons (Fsp3) is 0.467. The molecule has 6 heteroatoms. The van der Waals surface area contributed by atoms with E-state index in [-0.39, 0.29) is 6.04 Å². The van der Waals surface area contributed by atoms with Crippen LogP contribution < -0.4 is 15.2 Å². The Balaban J connectivity index is 2.16. The summed E-state index contributed by atoms with van der Waals surface area (Å²) in [4.78, 5) is 4.29. The molecule has 1 heterocycles. The van der Waals surface area contributed by atoms with Crippen molar-refractivity contribution >= 4 is 0 Å². The maximum atomic E-state index is 6.29. The third kappa shape index (κ3) is 3.52. The highest BCUT2D eigenvalue weighted by molar-refractivity contribution is 5.43. The number of hydrogen-bond acceptors (Lipinski definition) is 5. The second-order valence-electron chi connectivity index (χ2n) is 4.82. The predicted octanol–water partition coefficient (Wildman–Crippen LogP) is 1.95. The molecular formula is C15H22N4O2. The monoisotopic (exact) mass is 290 g/mol. The first-order valence-corrected chi connectivity index (χ1v) is 7.03. The van der Waals surface area contributed by atoms with Gasteiger partial charge in [0, 0.05) is 19.0 Å². The Kier molecular flexibility index (Phi) is 5.16. The van der Waals surface area contributed by atoms with Gasteiger partial charge in [0.1, 0.15) is 12.2 Å². The summed E-state index contributed by atoms with van der Waals surface area (Å²) < 4.78 is 12.4. The summed E-state index contributed by atoms with van der Waals surface area (Å²) in [6.07, 6.45) is 3.23. The van der Waals surface area contributed by atoms with Gasteiger partial charge in [-0.25, -0.2) is 4.98 Å². The zero-order chi connectivity index (χ0) is 15.2. The van der Waals surface area contributed by atoms with Crippen molar-refractivity contribution in [1.82, 2.24) is 14.8 Å². The smallest absolute Gasteiger partial charge is 0.161 e. The first kappa shape index (κ1) is 15.3. The minimum absolute atomic E-state index is 0.162. The molecule has 0 fully saturated rings. The van der Waals surface area contributed by atoms with Gasteiger partial charge in [-0.1, -0.05) is 13.0 Å². The number of rotatable bonds is 7. The Morgan fingerprint density at radius 3 is 2.67 bits per heavy atom. The van der Waals surface area contributed by atoms with E-state index in [2.05, 4.69) is 17.0 Å². The van der Waals surface area contributed by atoms with E-state index in [1.54, 1.807) is 20.5 Å². The molecule has 2 rings (SSSR count). The average molecular weight is 290 g/mol. The number of nitrogens with zero attached hydrogens (tertiary/aromatic N) is 3. The molecule has 0 aliphatic rings. The van der Waals surface area contributed by atoms with E-state index in [0.29, 0.717) is 17.9 Å². The van der Waals surface area contributed by atoms with Crippen LogP contribution in [0.1, 0.15) is 30.8 Å². The molecule has 2 N–H and O–H groups in total. The molecule has 1 aromatic carbocycles. The van der Waals surface area contributed by atoms with Gasteiger partial charge in [0.15, 0.2) is 11.5 Å². The van der Waals surface area contributed by atoms with Crippen molar-refractivity contribution < 1.29 is 9.47 Å². The number of benzene rings is 1. The highest BCUT2D eigenvalue weighted by atomic mass is 16.5. The lowest BCUT2D eigenvalue weighted by molar-refractivity contribution is 0.354. The molecule has 0 spiro atoms. The highest BCUT2D eigenvalue weighted by Crippen LogP contribution is 2.30.